The van der Waals surface area contributed by atoms with Gasteiger partial charge >= 0.3 is 0 Å². The number of methoxy groups -OCH3 is 2. The molecular weight excluding hydrogens is 206 g/mol. The van der Waals surface area contributed by atoms with Crippen molar-refractivity contribution in [3.05, 3.63) is 29.3 Å². The van der Waals surface area contributed by atoms with Gasteiger partial charge in [0, 0.05) is 12.7 Å². The number of nitrogens with one attached hydrogen (secondary N) is 1. The molecule has 90 valence electrons. The molecule has 1 aromatic carbocycles. The van der Waals surface area contributed by atoms with Crippen LogP contribution in [0.4, 0.5) is 0 Å². The number of benzene rings is 1. The van der Waals surface area contributed by atoms with Crippen molar-refractivity contribution >= 4 is 0 Å². The van der Waals surface area contributed by atoms with E-state index in [0.717, 1.165) is 16.9 Å². The van der Waals surface area contributed by atoms with Crippen molar-refractivity contribution in [1.82, 2.24) is 5.48 Å². The summed E-state index contributed by atoms with van der Waals surface area (Å²) in [6.07, 6.45) is 0. The lowest BCUT2D eigenvalue weighted by Crippen LogP contribution is -2.17. The van der Waals surface area contributed by atoms with Gasteiger partial charge in [-0.25, -0.2) is 0 Å². The van der Waals surface area contributed by atoms with Crippen LogP contribution in [0, 0.1) is 0 Å². The Morgan fingerprint density at radius 2 is 2.00 bits per heavy atom. The van der Waals surface area contributed by atoms with Gasteiger partial charge in [0.15, 0.2) is 0 Å². The number of hydroxylamine groups is 1. The van der Waals surface area contributed by atoms with E-state index in [9.17, 15) is 0 Å². The van der Waals surface area contributed by atoms with Crippen LogP contribution in [0.3, 0.4) is 0 Å². The summed E-state index contributed by atoms with van der Waals surface area (Å²) in [5.74, 6) is 0.843. The fourth-order valence-electron chi connectivity index (χ4n) is 1.58. The third kappa shape index (κ3) is 3.20. The molecule has 4 heteroatoms. The van der Waals surface area contributed by atoms with E-state index in [0.29, 0.717) is 6.61 Å². The van der Waals surface area contributed by atoms with Crippen LogP contribution < -0.4 is 10.2 Å². The number of hydrogen-bond donors (Lipinski definition) is 1. The molecule has 16 heavy (non-hydrogen) atoms. The molecule has 0 bridgehead atoms. The Labute approximate surface area is 96.5 Å². The molecule has 4 nitrogen and oxygen atoms in total. The van der Waals surface area contributed by atoms with Crippen LogP contribution in [0.1, 0.15) is 24.1 Å². The maximum absolute atomic E-state index is 5.26. The minimum absolute atomic E-state index is 0.131. The fraction of sp³-hybridized carbons (Fsp3) is 0.500. The van der Waals surface area contributed by atoms with E-state index >= 15 is 0 Å². The highest BCUT2D eigenvalue weighted by molar-refractivity contribution is 5.37. The molecule has 0 saturated heterocycles. The summed E-state index contributed by atoms with van der Waals surface area (Å²) in [6, 6.07) is 6.14. The summed E-state index contributed by atoms with van der Waals surface area (Å²) in [5.41, 5.74) is 5.06. The molecule has 0 aromatic heterocycles. The van der Waals surface area contributed by atoms with Crippen molar-refractivity contribution in [2.75, 3.05) is 21.3 Å². The minimum atomic E-state index is 0.131. The molecule has 0 amide bonds. The molecule has 0 fully saturated rings. The first-order valence-electron chi connectivity index (χ1n) is 5.17. The maximum Gasteiger partial charge on any atom is 0.124 e. The van der Waals surface area contributed by atoms with Crippen LogP contribution in [-0.4, -0.2) is 21.3 Å². The molecule has 1 atom stereocenters. The SMILES string of the molecule is COCc1cc(C(C)NOC)ccc1OC. The van der Waals surface area contributed by atoms with Gasteiger partial charge in [-0.05, 0) is 24.6 Å². The van der Waals surface area contributed by atoms with Gasteiger partial charge in [0.2, 0.25) is 0 Å². The third-order valence-corrected chi connectivity index (χ3v) is 2.40. The zero-order chi connectivity index (χ0) is 12.0. The van der Waals surface area contributed by atoms with Gasteiger partial charge in [-0.15, -0.1) is 0 Å². The largest absolute Gasteiger partial charge is 0.496 e. The number of hydrogen-bond acceptors (Lipinski definition) is 4. The summed E-state index contributed by atoms with van der Waals surface area (Å²) in [6.45, 7) is 2.57. The molecule has 1 aromatic rings. The zero-order valence-electron chi connectivity index (χ0n) is 10.2. The summed E-state index contributed by atoms with van der Waals surface area (Å²) >= 11 is 0. The van der Waals surface area contributed by atoms with Crippen LogP contribution in [0.15, 0.2) is 18.2 Å². The first-order valence-corrected chi connectivity index (χ1v) is 5.17. The quantitative estimate of drug-likeness (QED) is 0.752. The lowest BCUT2D eigenvalue weighted by atomic mass is 10.1. The summed E-state index contributed by atoms with van der Waals surface area (Å²) in [5, 5.41) is 0. The van der Waals surface area contributed by atoms with E-state index in [2.05, 4.69) is 11.5 Å². The normalized spacial score (nSPS) is 12.5. The fourth-order valence-corrected chi connectivity index (χ4v) is 1.58. The van der Waals surface area contributed by atoms with Gasteiger partial charge < -0.3 is 14.3 Å². The first kappa shape index (κ1) is 13.0. The predicted octanol–water partition coefficient (Wildman–Crippen LogP) is 2.05. The van der Waals surface area contributed by atoms with E-state index in [-0.39, 0.29) is 6.04 Å². The molecule has 0 heterocycles. The molecule has 0 aliphatic carbocycles. The lowest BCUT2D eigenvalue weighted by molar-refractivity contribution is 0.0658. The predicted molar refractivity (Wildman–Crippen MR) is 62.3 cm³/mol. The van der Waals surface area contributed by atoms with Crippen molar-refractivity contribution in [3.8, 4) is 5.75 Å². The van der Waals surface area contributed by atoms with Crippen LogP contribution in [0.25, 0.3) is 0 Å². The summed E-state index contributed by atoms with van der Waals surface area (Å²) in [7, 11) is 4.93. The zero-order valence-corrected chi connectivity index (χ0v) is 10.2. The van der Waals surface area contributed by atoms with Gasteiger partial charge in [-0.3, -0.25) is 0 Å². The Kier molecular flexibility index (Phi) is 5.25. The molecule has 0 spiro atoms. The molecular formula is C12H19NO3. The molecule has 0 aliphatic heterocycles. The number of ether oxygens (including phenoxy) is 2. The van der Waals surface area contributed by atoms with Crippen LogP contribution in [0.2, 0.25) is 0 Å². The molecule has 1 rings (SSSR count). The lowest BCUT2D eigenvalue weighted by Gasteiger charge is -2.15. The van der Waals surface area contributed by atoms with Crippen molar-refractivity contribution in [2.45, 2.75) is 19.6 Å². The maximum atomic E-state index is 5.26. The minimum Gasteiger partial charge on any atom is -0.496 e. The van der Waals surface area contributed by atoms with Crippen molar-refractivity contribution in [1.29, 1.82) is 0 Å². The Hall–Kier alpha value is -1.10. The number of rotatable bonds is 6. The average molecular weight is 225 g/mol. The molecule has 0 radical (unpaired) electrons. The summed E-state index contributed by atoms with van der Waals surface area (Å²) in [4.78, 5) is 4.90. The van der Waals surface area contributed by atoms with Gasteiger partial charge in [-0.1, -0.05) is 6.07 Å². The smallest absolute Gasteiger partial charge is 0.124 e. The Morgan fingerprint density at radius 3 is 2.56 bits per heavy atom. The van der Waals surface area contributed by atoms with E-state index < -0.39 is 0 Å². The standard InChI is InChI=1S/C12H19NO3/c1-9(13-16-4)10-5-6-12(15-3)11(7-10)8-14-2/h5-7,9,13H,8H2,1-4H3. The van der Waals surface area contributed by atoms with E-state index in [1.54, 1.807) is 21.3 Å². The summed E-state index contributed by atoms with van der Waals surface area (Å²) < 4.78 is 10.4. The molecule has 1 N–H and O–H groups in total. The molecule has 1 unspecified atom stereocenters. The second-order valence-electron chi connectivity index (χ2n) is 3.55. The van der Waals surface area contributed by atoms with Crippen LogP contribution in [0.5, 0.6) is 5.75 Å². The molecule has 0 saturated carbocycles. The van der Waals surface area contributed by atoms with Gasteiger partial charge in [0.05, 0.1) is 26.9 Å². The van der Waals surface area contributed by atoms with E-state index in [4.69, 9.17) is 14.3 Å². The monoisotopic (exact) mass is 225 g/mol. The topological polar surface area (TPSA) is 39.7 Å². The Morgan fingerprint density at radius 1 is 1.25 bits per heavy atom. The van der Waals surface area contributed by atoms with Crippen LogP contribution >= 0.6 is 0 Å². The second-order valence-corrected chi connectivity index (χ2v) is 3.55. The van der Waals surface area contributed by atoms with E-state index in [1.165, 1.54) is 0 Å². The van der Waals surface area contributed by atoms with Crippen molar-refractivity contribution in [3.63, 3.8) is 0 Å². The first-order chi connectivity index (χ1) is 7.72. The highest BCUT2D eigenvalue weighted by Gasteiger charge is 2.09. The average Bonchev–Trinajstić information content (AvgIpc) is 2.29. The Bertz CT molecular complexity index is 328. The van der Waals surface area contributed by atoms with Gasteiger partial charge in [0.25, 0.3) is 0 Å². The van der Waals surface area contributed by atoms with Gasteiger partial charge in [0.1, 0.15) is 5.75 Å². The third-order valence-electron chi connectivity index (χ3n) is 2.40. The van der Waals surface area contributed by atoms with Crippen molar-refractivity contribution < 1.29 is 14.3 Å². The Balaban J connectivity index is 2.91. The second kappa shape index (κ2) is 6.48. The van der Waals surface area contributed by atoms with Crippen LogP contribution in [-0.2, 0) is 16.2 Å². The van der Waals surface area contributed by atoms with E-state index in [1.807, 2.05) is 19.1 Å². The molecule has 0 aliphatic rings. The highest BCUT2D eigenvalue weighted by Crippen LogP contribution is 2.23. The van der Waals surface area contributed by atoms with Crippen molar-refractivity contribution in [2.24, 2.45) is 0 Å². The van der Waals surface area contributed by atoms with Gasteiger partial charge in [-0.2, -0.15) is 5.48 Å². The highest BCUT2D eigenvalue weighted by atomic mass is 16.6.